The van der Waals surface area contributed by atoms with E-state index in [4.69, 9.17) is 4.74 Å². The molecule has 68 heavy (non-hydrogen) atoms. The summed E-state index contributed by atoms with van der Waals surface area (Å²) in [4.78, 5) is 26.2. The maximum Gasteiger partial charge on any atom is 0.306 e. The van der Waals surface area contributed by atoms with E-state index in [0.29, 0.717) is 19.3 Å². The van der Waals surface area contributed by atoms with Crippen LogP contribution in [0.2, 0.25) is 0 Å². The monoisotopic (exact) mass is 946 g/mol. The van der Waals surface area contributed by atoms with Crippen molar-refractivity contribution in [2.24, 2.45) is 0 Å². The van der Waals surface area contributed by atoms with E-state index in [1.54, 1.807) is 0 Å². The van der Waals surface area contributed by atoms with Crippen molar-refractivity contribution >= 4 is 11.9 Å². The van der Waals surface area contributed by atoms with E-state index in [1.807, 2.05) is 12.2 Å². The maximum atomic E-state index is 13.2. The lowest BCUT2D eigenvalue weighted by Crippen LogP contribution is -2.46. The van der Waals surface area contributed by atoms with Crippen LogP contribution in [0.4, 0.5) is 0 Å². The van der Waals surface area contributed by atoms with Gasteiger partial charge in [-0.1, -0.05) is 253 Å². The molecule has 0 fully saturated rings. The number of hydrogen-bond donors (Lipinski definition) is 3. The third-order valence-corrected chi connectivity index (χ3v) is 12.4. The van der Waals surface area contributed by atoms with Crippen molar-refractivity contribution in [3.05, 3.63) is 97.2 Å². The number of ether oxygens (including phenoxy) is 1. The van der Waals surface area contributed by atoms with E-state index < -0.39 is 18.2 Å². The standard InChI is InChI=1S/C62H107NO5/c1-4-7-10-13-16-19-22-25-28-30-33-36-39-42-45-48-51-54-60(65)59(57-64)63-61(66)56-58(53-50-47-44-41-38-35-32-27-24-21-18-15-12-9-6-3)68-62(67)55-52-49-46-43-40-37-34-31-29-26-23-20-17-14-11-8-5-2/h9,12,17-18,20-21,26-27,29,32,34,37-38,41,47,50,58-60,64-65H,4-8,10-11,13-16,19,22-25,28,30-31,33,35-36,39-40,42-46,48-49,51-57H2,1-3H3,(H,63,66)/b12-9-,20-17-,21-18-,29-26-,32-27-,37-34-,41-38-,50-47-. The summed E-state index contributed by atoms with van der Waals surface area (Å²) in [6.45, 7) is 6.32. The SMILES string of the molecule is CC/C=C\C/C=C\C/C=C\C/C=C\C/C=C\CC(CC(=O)NC(CO)C(O)CCCCCCCCCCCCCCCCCCC)OC(=O)CCCCCC/C=C\C/C=C\C/C=C\CCCCC. The molecule has 0 aromatic rings. The van der Waals surface area contributed by atoms with Gasteiger partial charge in [0.25, 0.3) is 0 Å². The van der Waals surface area contributed by atoms with Gasteiger partial charge in [0.1, 0.15) is 6.10 Å². The Morgan fingerprint density at radius 1 is 0.456 bits per heavy atom. The smallest absolute Gasteiger partial charge is 0.306 e. The van der Waals surface area contributed by atoms with Gasteiger partial charge in [-0.05, 0) is 83.5 Å². The fourth-order valence-corrected chi connectivity index (χ4v) is 8.11. The van der Waals surface area contributed by atoms with Crippen LogP contribution in [0.5, 0.6) is 0 Å². The minimum absolute atomic E-state index is 0.0142. The van der Waals surface area contributed by atoms with Crippen molar-refractivity contribution in [1.82, 2.24) is 5.32 Å². The first-order valence-electron chi connectivity index (χ1n) is 28.5. The summed E-state index contributed by atoms with van der Waals surface area (Å²) < 4.78 is 5.88. The highest BCUT2D eigenvalue weighted by molar-refractivity contribution is 5.77. The van der Waals surface area contributed by atoms with Gasteiger partial charge in [-0.2, -0.15) is 0 Å². The summed E-state index contributed by atoms with van der Waals surface area (Å²) in [6.07, 6.45) is 73.4. The molecular formula is C62H107NO5. The quantitative estimate of drug-likeness (QED) is 0.0321. The van der Waals surface area contributed by atoms with E-state index in [0.717, 1.165) is 96.3 Å². The Morgan fingerprint density at radius 3 is 1.28 bits per heavy atom. The average Bonchev–Trinajstić information content (AvgIpc) is 3.33. The number of unbranched alkanes of at least 4 members (excludes halogenated alkanes) is 23. The molecule has 390 valence electrons. The number of carbonyl (C=O) groups excluding carboxylic acids is 2. The number of aliphatic hydroxyl groups excluding tert-OH is 2. The number of hydrogen-bond acceptors (Lipinski definition) is 5. The second kappa shape index (κ2) is 54.7. The Morgan fingerprint density at radius 2 is 0.824 bits per heavy atom. The van der Waals surface area contributed by atoms with Crippen LogP contribution in [0.1, 0.15) is 258 Å². The zero-order valence-electron chi connectivity index (χ0n) is 44.5. The summed E-state index contributed by atoms with van der Waals surface area (Å²) in [5.74, 6) is -0.607. The fourth-order valence-electron chi connectivity index (χ4n) is 8.11. The van der Waals surface area contributed by atoms with Crippen molar-refractivity contribution in [3.63, 3.8) is 0 Å². The molecule has 0 aliphatic heterocycles. The molecule has 0 aromatic heterocycles. The summed E-state index contributed by atoms with van der Waals surface area (Å²) in [7, 11) is 0. The third kappa shape index (κ3) is 49.2. The van der Waals surface area contributed by atoms with Gasteiger partial charge >= 0.3 is 5.97 Å². The molecule has 0 radical (unpaired) electrons. The fraction of sp³-hybridized carbons (Fsp3) is 0.710. The molecule has 3 unspecified atom stereocenters. The molecule has 3 atom stereocenters. The van der Waals surface area contributed by atoms with Crippen LogP contribution in [0.15, 0.2) is 97.2 Å². The van der Waals surface area contributed by atoms with E-state index in [-0.39, 0.29) is 24.9 Å². The van der Waals surface area contributed by atoms with Gasteiger partial charge in [-0.25, -0.2) is 0 Å². The predicted octanol–water partition coefficient (Wildman–Crippen LogP) is 17.7. The third-order valence-electron chi connectivity index (χ3n) is 12.4. The number of allylic oxidation sites excluding steroid dienone is 15. The molecule has 0 saturated heterocycles. The van der Waals surface area contributed by atoms with Gasteiger partial charge < -0.3 is 20.3 Å². The number of esters is 1. The van der Waals surface area contributed by atoms with Crippen molar-refractivity contribution in [2.75, 3.05) is 6.61 Å². The summed E-state index contributed by atoms with van der Waals surface area (Å²) in [6, 6.07) is -0.743. The second-order valence-corrected chi connectivity index (χ2v) is 19.0. The van der Waals surface area contributed by atoms with Crippen molar-refractivity contribution < 1.29 is 24.5 Å². The van der Waals surface area contributed by atoms with Crippen LogP contribution in [-0.4, -0.2) is 46.9 Å². The summed E-state index contributed by atoms with van der Waals surface area (Å²) >= 11 is 0. The molecule has 0 aromatic carbocycles. The molecule has 0 saturated carbocycles. The average molecular weight is 947 g/mol. The number of amides is 1. The highest BCUT2D eigenvalue weighted by Crippen LogP contribution is 2.17. The number of aliphatic hydroxyl groups is 2. The predicted molar refractivity (Wildman–Crippen MR) is 296 cm³/mol. The van der Waals surface area contributed by atoms with Crippen LogP contribution in [-0.2, 0) is 14.3 Å². The van der Waals surface area contributed by atoms with Crippen molar-refractivity contribution in [1.29, 1.82) is 0 Å². The van der Waals surface area contributed by atoms with E-state index in [9.17, 15) is 19.8 Å². The van der Waals surface area contributed by atoms with Crippen LogP contribution in [0, 0.1) is 0 Å². The molecule has 0 bridgehead atoms. The van der Waals surface area contributed by atoms with E-state index in [1.165, 1.54) is 116 Å². The van der Waals surface area contributed by atoms with Gasteiger partial charge in [-0.3, -0.25) is 9.59 Å². The van der Waals surface area contributed by atoms with Crippen molar-refractivity contribution in [3.8, 4) is 0 Å². The largest absolute Gasteiger partial charge is 0.461 e. The molecule has 6 heteroatoms. The molecular weight excluding hydrogens is 839 g/mol. The Balaban J connectivity index is 4.70. The molecule has 0 heterocycles. The normalized spacial score (nSPS) is 13.9. The molecule has 0 aliphatic rings. The van der Waals surface area contributed by atoms with Crippen LogP contribution in [0.3, 0.4) is 0 Å². The zero-order chi connectivity index (χ0) is 49.5. The van der Waals surface area contributed by atoms with Gasteiger partial charge in [-0.15, -0.1) is 0 Å². The summed E-state index contributed by atoms with van der Waals surface area (Å²) in [5.41, 5.74) is 0. The zero-order valence-corrected chi connectivity index (χ0v) is 44.5. The van der Waals surface area contributed by atoms with Gasteiger partial charge in [0.15, 0.2) is 0 Å². The lowest BCUT2D eigenvalue weighted by molar-refractivity contribution is -0.150. The lowest BCUT2D eigenvalue weighted by atomic mass is 10.0. The van der Waals surface area contributed by atoms with E-state index >= 15 is 0 Å². The topological polar surface area (TPSA) is 95.9 Å². The molecule has 6 nitrogen and oxygen atoms in total. The van der Waals surface area contributed by atoms with Gasteiger partial charge in [0, 0.05) is 12.8 Å². The Hall–Kier alpha value is -3.22. The Kier molecular flexibility index (Phi) is 52.1. The highest BCUT2D eigenvalue weighted by atomic mass is 16.5. The van der Waals surface area contributed by atoms with Crippen molar-refractivity contribution in [2.45, 2.75) is 277 Å². The Labute approximate surface area is 420 Å². The lowest BCUT2D eigenvalue weighted by Gasteiger charge is -2.24. The summed E-state index contributed by atoms with van der Waals surface area (Å²) in [5, 5.41) is 23.8. The van der Waals surface area contributed by atoms with Crippen LogP contribution >= 0.6 is 0 Å². The first-order chi connectivity index (χ1) is 33.5. The number of rotatable bonds is 50. The molecule has 0 spiro atoms. The molecule has 3 N–H and O–H groups in total. The number of nitrogens with one attached hydrogen (secondary N) is 1. The molecule has 0 aliphatic carbocycles. The van der Waals surface area contributed by atoms with Crippen LogP contribution in [0.25, 0.3) is 0 Å². The highest BCUT2D eigenvalue weighted by Gasteiger charge is 2.23. The van der Waals surface area contributed by atoms with Crippen LogP contribution < -0.4 is 5.32 Å². The maximum absolute atomic E-state index is 13.2. The van der Waals surface area contributed by atoms with E-state index in [2.05, 4.69) is 111 Å². The minimum Gasteiger partial charge on any atom is -0.461 e. The Bertz CT molecular complexity index is 1340. The number of carbonyl (C=O) groups is 2. The van der Waals surface area contributed by atoms with Gasteiger partial charge in [0.2, 0.25) is 5.91 Å². The first-order valence-corrected chi connectivity index (χ1v) is 28.5. The van der Waals surface area contributed by atoms with Gasteiger partial charge in [0.05, 0.1) is 25.2 Å². The molecule has 0 rings (SSSR count). The second-order valence-electron chi connectivity index (χ2n) is 19.0. The first kappa shape index (κ1) is 64.8. The minimum atomic E-state index is -0.822. The molecule has 1 amide bonds.